The van der Waals surface area contributed by atoms with E-state index in [1.165, 1.54) is 6.42 Å². The number of carbonyl (C=O) groups is 2. The largest absolute Gasteiger partial charge is 0.490 e. The molecule has 4 amide bonds. The Morgan fingerprint density at radius 1 is 0.661 bits per heavy atom. The molecule has 2 saturated carbocycles. The lowest BCUT2D eigenvalue weighted by atomic mass is 9.96. The van der Waals surface area contributed by atoms with Crippen LogP contribution in [0.25, 0.3) is 21.9 Å². The molecule has 2 aromatic heterocycles. The zero-order valence-electron chi connectivity index (χ0n) is 34.5. The molecule has 4 N–H and O–H groups in total. The third-order valence-electron chi connectivity index (χ3n) is 12.8. The molecular formula is C45H58N6O8. The molecule has 4 heterocycles. The third-order valence-corrected chi connectivity index (χ3v) is 12.8. The van der Waals surface area contributed by atoms with Crippen molar-refractivity contribution < 1.29 is 27.9 Å². The van der Waals surface area contributed by atoms with Gasteiger partial charge in [-0.2, -0.15) is 0 Å². The van der Waals surface area contributed by atoms with Crippen LogP contribution in [0.2, 0.25) is 0 Å². The topological polar surface area (TPSA) is 168 Å². The van der Waals surface area contributed by atoms with Crippen molar-refractivity contribution in [3.63, 3.8) is 0 Å². The number of anilines is 2. The number of urea groups is 2. The van der Waals surface area contributed by atoms with Gasteiger partial charge in [-0.3, -0.25) is 0 Å². The summed E-state index contributed by atoms with van der Waals surface area (Å²) in [5.41, 5.74) is 1.51. The molecule has 316 valence electrons. The second-order valence-corrected chi connectivity index (χ2v) is 17.3. The lowest BCUT2D eigenvalue weighted by molar-refractivity contribution is 0.0909. The molecule has 2 unspecified atom stereocenters. The molecule has 4 fully saturated rings. The first-order valence-electron chi connectivity index (χ1n) is 21.6. The van der Waals surface area contributed by atoms with Crippen LogP contribution in [0.5, 0.6) is 11.5 Å². The van der Waals surface area contributed by atoms with E-state index in [9.17, 15) is 19.2 Å². The molecule has 4 aromatic rings. The minimum atomic E-state index is -0.593. The first-order valence-corrected chi connectivity index (χ1v) is 21.6. The van der Waals surface area contributed by atoms with Gasteiger partial charge in [0.2, 0.25) is 0 Å². The predicted molar refractivity (Wildman–Crippen MR) is 228 cm³/mol. The normalized spacial score (nSPS) is 21.4. The van der Waals surface area contributed by atoms with Gasteiger partial charge >= 0.3 is 23.3 Å². The summed E-state index contributed by atoms with van der Waals surface area (Å²) in [6.07, 6.45) is 11.9. The van der Waals surface area contributed by atoms with Crippen molar-refractivity contribution in [2.75, 3.05) is 50.4 Å². The van der Waals surface area contributed by atoms with Crippen LogP contribution in [-0.2, 0) is 0 Å². The Morgan fingerprint density at radius 2 is 1.17 bits per heavy atom. The van der Waals surface area contributed by atoms with Gasteiger partial charge in [0, 0.05) is 66.7 Å². The summed E-state index contributed by atoms with van der Waals surface area (Å²) in [4.78, 5) is 56.2. The van der Waals surface area contributed by atoms with Gasteiger partial charge in [-0.25, -0.2) is 19.2 Å². The maximum absolute atomic E-state index is 13.0. The van der Waals surface area contributed by atoms with Crippen LogP contribution in [0.3, 0.4) is 0 Å². The molecule has 4 aliphatic rings. The molecule has 59 heavy (non-hydrogen) atoms. The highest BCUT2D eigenvalue weighted by Crippen LogP contribution is 2.33. The fourth-order valence-electron chi connectivity index (χ4n) is 9.38. The Hall–Kier alpha value is -5.08. The Labute approximate surface area is 344 Å². The van der Waals surface area contributed by atoms with Gasteiger partial charge in [0.25, 0.3) is 0 Å². The zero-order valence-corrected chi connectivity index (χ0v) is 34.5. The van der Waals surface area contributed by atoms with Crippen LogP contribution < -0.4 is 42.0 Å². The fraction of sp³-hybridized carbons (Fsp3) is 0.556. The van der Waals surface area contributed by atoms with Gasteiger partial charge in [0.15, 0.2) is 0 Å². The average molecular weight is 811 g/mol. The molecule has 14 heteroatoms. The van der Waals surface area contributed by atoms with E-state index in [1.807, 2.05) is 38.1 Å². The van der Waals surface area contributed by atoms with Crippen molar-refractivity contribution in [2.45, 2.75) is 115 Å². The highest BCUT2D eigenvalue weighted by molar-refractivity contribution is 5.93. The highest BCUT2D eigenvalue weighted by atomic mass is 16.5. The van der Waals surface area contributed by atoms with Crippen molar-refractivity contribution in [3.05, 3.63) is 68.4 Å². The number of nitrogens with one attached hydrogen (secondary N) is 4. The SMILES string of the molecule is Cc1c(OC2CCN(CC3CCC(NC(=O)Nc4cc5ccc(OC6CCN(C)CC6)c(C)c5oc4=O)C3)CC2)ccc2cc(NC(=O)NC3CCCCC3)c(=O)oc12. The van der Waals surface area contributed by atoms with Crippen LogP contribution in [0, 0.1) is 19.8 Å². The number of rotatable bonds is 10. The number of ether oxygens (including phenoxy) is 2. The third kappa shape index (κ3) is 9.87. The average Bonchev–Trinajstić information content (AvgIpc) is 3.66. The van der Waals surface area contributed by atoms with Gasteiger partial charge in [-0.15, -0.1) is 0 Å². The maximum atomic E-state index is 13.0. The Morgan fingerprint density at radius 3 is 1.71 bits per heavy atom. The van der Waals surface area contributed by atoms with Crippen molar-refractivity contribution in [3.8, 4) is 11.5 Å². The molecule has 14 nitrogen and oxygen atoms in total. The second kappa shape index (κ2) is 18.0. The Kier molecular flexibility index (Phi) is 12.4. The number of amides is 4. The van der Waals surface area contributed by atoms with Crippen molar-refractivity contribution >= 4 is 45.4 Å². The molecule has 2 saturated heterocycles. The van der Waals surface area contributed by atoms with E-state index in [0.29, 0.717) is 22.8 Å². The van der Waals surface area contributed by atoms with Gasteiger partial charge in [-0.05, 0) is 121 Å². The fourth-order valence-corrected chi connectivity index (χ4v) is 9.38. The van der Waals surface area contributed by atoms with E-state index >= 15 is 0 Å². The van der Waals surface area contributed by atoms with Crippen LogP contribution in [0.1, 0.15) is 88.2 Å². The molecule has 8 rings (SSSR count). The highest BCUT2D eigenvalue weighted by Gasteiger charge is 2.30. The van der Waals surface area contributed by atoms with Crippen molar-refractivity contribution in [2.24, 2.45) is 5.92 Å². The van der Waals surface area contributed by atoms with E-state index in [4.69, 9.17) is 18.3 Å². The molecular weight excluding hydrogens is 753 g/mol. The van der Waals surface area contributed by atoms with Gasteiger partial charge < -0.3 is 49.4 Å². The second-order valence-electron chi connectivity index (χ2n) is 17.3. The molecule has 2 atom stereocenters. The minimum Gasteiger partial charge on any atom is -0.490 e. The number of benzene rings is 2. The van der Waals surface area contributed by atoms with Crippen molar-refractivity contribution in [1.82, 2.24) is 20.4 Å². The molecule has 0 spiro atoms. The predicted octanol–water partition coefficient (Wildman–Crippen LogP) is 7.28. The summed E-state index contributed by atoms with van der Waals surface area (Å²) in [5, 5.41) is 12.9. The summed E-state index contributed by atoms with van der Waals surface area (Å²) in [6.45, 7) is 8.54. The standard InChI is InChI=1S/C45H58N6O8/c1-27-38(56-34-15-19-50(3)20-16-34)13-10-31-25-37(43(53)59-40(27)31)49-45(55)47-33-12-9-29(23-33)26-51-21-17-35(18-22-51)57-39-14-11-30-24-36(42(52)58-41(30)28(39)2)48-44(54)46-32-7-5-4-6-8-32/h10-11,13-14,24-25,29,32-35H,4-9,12,15-23,26H2,1-3H3,(H2,46,48,54)(H2,47,49,55). The maximum Gasteiger partial charge on any atom is 0.360 e. The zero-order chi connectivity index (χ0) is 41.0. The summed E-state index contributed by atoms with van der Waals surface area (Å²) in [5.74, 6) is 1.87. The van der Waals surface area contributed by atoms with Crippen LogP contribution in [0.15, 0.2) is 54.8 Å². The summed E-state index contributed by atoms with van der Waals surface area (Å²) >= 11 is 0. The number of nitrogens with zero attached hydrogens (tertiary/aromatic N) is 2. The van der Waals surface area contributed by atoms with Crippen molar-refractivity contribution in [1.29, 1.82) is 0 Å². The lowest BCUT2D eigenvalue weighted by Gasteiger charge is -2.34. The molecule has 2 aromatic carbocycles. The van der Waals surface area contributed by atoms with E-state index in [2.05, 4.69) is 38.1 Å². The van der Waals surface area contributed by atoms with Gasteiger partial charge in [0.1, 0.15) is 46.2 Å². The van der Waals surface area contributed by atoms with E-state index < -0.39 is 17.3 Å². The van der Waals surface area contributed by atoms with E-state index in [-0.39, 0.29) is 41.7 Å². The van der Waals surface area contributed by atoms with Crippen LogP contribution >= 0.6 is 0 Å². The first kappa shape index (κ1) is 40.7. The van der Waals surface area contributed by atoms with E-state index in [1.54, 1.807) is 12.1 Å². The lowest BCUT2D eigenvalue weighted by Crippen LogP contribution is -2.41. The van der Waals surface area contributed by atoms with Gasteiger partial charge in [0.05, 0.1) is 0 Å². The number of carbonyl (C=O) groups excluding carboxylic acids is 2. The first-order chi connectivity index (χ1) is 28.5. The summed E-state index contributed by atoms with van der Waals surface area (Å²) < 4.78 is 24.2. The van der Waals surface area contributed by atoms with E-state index in [0.717, 1.165) is 131 Å². The molecule has 2 aliphatic heterocycles. The quantitative estimate of drug-likeness (QED) is 0.120. The minimum absolute atomic E-state index is 0.0244. The Balaban J connectivity index is 0.781. The molecule has 0 bridgehead atoms. The number of fused-ring (bicyclic) bond motifs is 2. The number of likely N-dealkylation sites (tertiary alicyclic amines) is 2. The number of piperidine rings is 2. The molecule has 0 radical (unpaired) electrons. The van der Waals surface area contributed by atoms with Crippen LogP contribution in [-0.4, -0.2) is 85.9 Å². The number of aryl methyl sites for hydroxylation is 2. The van der Waals surface area contributed by atoms with Crippen LogP contribution in [0.4, 0.5) is 21.0 Å². The molecule has 2 aliphatic carbocycles. The van der Waals surface area contributed by atoms with Gasteiger partial charge in [-0.1, -0.05) is 19.3 Å². The monoisotopic (exact) mass is 810 g/mol. The number of hydrogen-bond acceptors (Lipinski definition) is 10. The smallest absolute Gasteiger partial charge is 0.360 e. The summed E-state index contributed by atoms with van der Waals surface area (Å²) in [7, 11) is 2.11. The Bertz CT molecular complexity index is 2270. The summed E-state index contributed by atoms with van der Waals surface area (Å²) in [6, 6.07) is 10.3. The number of hydrogen-bond donors (Lipinski definition) is 4.